The van der Waals surface area contributed by atoms with Crippen LogP contribution in [0.1, 0.15) is 39.1 Å². The Balaban J connectivity index is 1.26. The van der Waals surface area contributed by atoms with Gasteiger partial charge in [0.1, 0.15) is 5.01 Å². The standard InChI is InChI=1S/C32H33N5OS2/c1-3-26-18-25(11-12-33-26)31-34-29(22-40-31)30-19-28(23(2)37(30)21-27-10-7-17-39-27)32(38)36-15-13-35(14-16-36)20-24-8-5-4-6-9-24/h4-12,17-19,22H,3,13-16,20-21H2,1-2H3. The van der Waals surface area contributed by atoms with Crippen molar-refractivity contribution in [3.05, 3.63) is 105 Å². The summed E-state index contributed by atoms with van der Waals surface area (Å²) in [7, 11) is 0. The van der Waals surface area contributed by atoms with Gasteiger partial charge in [0.15, 0.2) is 0 Å². The summed E-state index contributed by atoms with van der Waals surface area (Å²) in [4.78, 5) is 29.0. The molecule has 1 amide bonds. The second-order valence-electron chi connectivity index (χ2n) is 10.2. The first-order chi connectivity index (χ1) is 19.6. The van der Waals surface area contributed by atoms with Gasteiger partial charge in [0, 0.05) is 66.1 Å². The minimum absolute atomic E-state index is 0.111. The highest BCUT2D eigenvalue weighted by molar-refractivity contribution is 7.13. The first kappa shape index (κ1) is 26.6. The molecule has 0 unspecified atom stereocenters. The van der Waals surface area contributed by atoms with E-state index in [2.05, 4.69) is 93.7 Å². The molecule has 1 aliphatic heterocycles. The van der Waals surface area contributed by atoms with E-state index in [0.717, 1.165) is 84.6 Å². The number of hydrogen-bond donors (Lipinski definition) is 0. The third-order valence-electron chi connectivity index (χ3n) is 7.59. The number of aromatic nitrogens is 3. The quantitative estimate of drug-likeness (QED) is 0.212. The lowest BCUT2D eigenvalue weighted by molar-refractivity contribution is 0.0627. The van der Waals surface area contributed by atoms with E-state index in [9.17, 15) is 4.79 Å². The van der Waals surface area contributed by atoms with Crippen LogP contribution in [0.4, 0.5) is 0 Å². The molecule has 6 rings (SSSR count). The zero-order valence-electron chi connectivity index (χ0n) is 22.9. The van der Waals surface area contributed by atoms with E-state index < -0.39 is 0 Å². The van der Waals surface area contributed by atoms with Gasteiger partial charge in [-0.1, -0.05) is 43.3 Å². The van der Waals surface area contributed by atoms with Gasteiger partial charge in [-0.05, 0) is 48.6 Å². The van der Waals surface area contributed by atoms with Gasteiger partial charge in [-0.3, -0.25) is 14.7 Å². The van der Waals surface area contributed by atoms with Gasteiger partial charge < -0.3 is 9.47 Å². The van der Waals surface area contributed by atoms with Crippen molar-refractivity contribution in [3.63, 3.8) is 0 Å². The normalized spacial score (nSPS) is 14.1. The van der Waals surface area contributed by atoms with Crippen LogP contribution < -0.4 is 0 Å². The lowest BCUT2D eigenvalue weighted by Crippen LogP contribution is -2.48. The molecule has 6 nitrogen and oxygen atoms in total. The van der Waals surface area contributed by atoms with E-state index in [4.69, 9.17) is 4.98 Å². The average Bonchev–Trinajstić information content (AvgIpc) is 3.76. The number of rotatable bonds is 8. The van der Waals surface area contributed by atoms with E-state index in [-0.39, 0.29) is 5.91 Å². The average molecular weight is 568 g/mol. The van der Waals surface area contributed by atoms with E-state index in [0.29, 0.717) is 0 Å². The number of hydrogen-bond acceptors (Lipinski definition) is 6. The number of benzene rings is 1. The van der Waals surface area contributed by atoms with Crippen molar-refractivity contribution in [1.29, 1.82) is 0 Å². The molecule has 0 N–H and O–H groups in total. The maximum Gasteiger partial charge on any atom is 0.255 e. The van der Waals surface area contributed by atoms with Crippen LogP contribution in [-0.4, -0.2) is 56.4 Å². The second kappa shape index (κ2) is 11.9. The van der Waals surface area contributed by atoms with Crippen LogP contribution in [0.5, 0.6) is 0 Å². The molecule has 40 heavy (non-hydrogen) atoms. The van der Waals surface area contributed by atoms with Crippen LogP contribution in [-0.2, 0) is 19.5 Å². The van der Waals surface area contributed by atoms with Gasteiger partial charge >= 0.3 is 0 Å². The number of amides is 1. The lowest BCUT2D eigenvalue weighted by atomic mass is 10.1. The highest BCUT2D eigenvalue weighted by atomic mass is 32.1. The first-order valence-corrected chi connectivity index (χ1v) is 15.5. The summed E-state index contributed by atoms with van der Waals surface area (Å²) in [6.07, 6.45) is 2.75. The Morgan fingerprint density at radius 2 is 1.77 bits per heavy atom. The first-order valence-electron chi connectivity index (χ1n) is 13.8. The molecule has 1 aliphatic rings. The summed E-state index contributed by atoms with van der Waals surface area (Å²) in [5.74, 6) is 0.111. The summed E-state index contributed by atoms with van der Waals surface area (Å²) in [5.41, 5.74) is 7.12. The van der Waals surface area contributed by atoms with Crippen molar-refractivity contribution in [2.24, 2.45) is 0 Å². The Kier molecular flexibility index (Phi) is 7.91. The highest BCUT2D eigenvalue weighted by Crippen LogP contribution is 2.33. The fourth-order valence-corrected chi connectivity index (χ4v) is 6.79. The maximum atomic E-state index is 13.9. The van der Waals surface area contributed by atoms with Gasteiger partial charge in [0.2, 0.25) is 0 Å². The molecular formula is C32H33N5OS2. The van der Waals surface area contributed by atoms with Crippen molar-refractivity contribution in [2.75, 3.05) is 26.2 Å². The molecule has 8 heteroatoms. The van der Waals surface area contributed by atoms with Gasteiger partial charge in [-0.25, -0.2) is 4.98 Å². The van der Waals surface area contributed by atoms with Gasteiger partial charge in [0.05, 0.1) is 23.5 Å². The number of thiophene rings is 1. The number of carbonyl (C=O) groups excluding carboxylic acids is 1. The molecule has 0 bridgehead atoms. The molecular weight excluding hydrogens is 535 g/mol. The monoisotopic (exact) mass is 567 g/mol. The Hall–Kier alpha value is -3.59. The Labute approximate surface area is 243 Å². The molecule has 0 saturated carbocycles. The van der Waals surface area contributed by atoms with E-state index >= 15 is 0 Å². The zero-order valence-corrected chi connectivity index (χ0v) is 24.5. The van der Waals surface area contributed by atoms with E-state index in [1.807, 2.05) is 17.2 Å². The molecule has 1 aromatic carbocycles. The van der Waals surface area contributed by atoms with Crippen molar-refractivity contribution >= 4 is 28.6 Å². The number of nitrogens with zero attached hydrogens (tertiary/aromatic N) is 5. The van der Waals surface area contributed by atoms with Crippen LogP contribution in [0.25, 0.3) is 22.0 Å². The van der Waals surface area contributed by atoms with Crippen molar-refractivity contribution < 1.29 is 4.79 Å². The smallest absolute Gasteiger partial charge is 0.255 e. The second-order valence-corrected chi connectivity index (χ2v) is 12.1. The summed E-state index contributed by atoms with van der Waals surface area (Å²) >= 11 is 3.37. The Morgan fingerprint density at radius 1 is 0.950 bits per heavy atom. The Bertz CT molecular complexity index is 1580. The van der Waals surface area contributed by atoms with Crippen molar-refractivity contribution in [3.8, 4) is 22.0 Å². The molecule has 1 saturated heterocycles. The maximum absolute atomic E-state index is 13.9. The molecule has 5 aromatic rings. The number of piperazine rings is 1. The fourth-order valence-electron chi connectivity index (χ4n) is 5.29. The predicted molar refractivity (Wildman–Crippen MR) is 164 cm³/mol. The molecule has 0 aliphatic carbocycles. The largest absolute Gasteiger partial charge is 0.338 e. The predicted octanol–water partition coefficient (Wildman–Crippen LogP) is 6.61. The summed E-state index contributed by atoms with van der Waals surface area (Å²) in [6.45, 7) is 9.05. The molecule has 204 valence electrons. The van der Waals surface area contributed by atoms with E-state index in [1.165, 1.54) is 10.4 Å². The highest BCUT2D eigenvalue weighted by Gasteiger charge is 2.27. The van der Waals surface area contributed by atoms with Crippen LogP contribution >= 0.6 is 22.7 Å². The van der Waals surface area contributed by atoms with Crippen molar-refractivity contribution in [1.82, 2.24) is 24.3 Å². The van der Waals surface area contributed by atoms with E-state index in [1.54, 1.807) is 22.7 Å². The summed E-state index contributed by atoms with van der Waals surface area (Å²) < 4.78 is 2.26. The lowest BCUT2D eigenvalue weighted by Gasteiger charge is -2.34. The minimum Gasteiger partial charge on any atom is -0.338 e. The minimum atomic E-state index is 0.111. The third-order valence-corrected chi connectivity index (χ3v) is 9.34. The van der Waals surface area contributed by atoms with Crippen LogP contribution in [0.2, 0.25) is 0 Å². The molecule has 5 heterocycles. The molecule has 0 spiro atoms. The number of carbonyl (C=O) groups is 1. The number of aryl methyl sites for hydroxylation is 1. The van der Waals surface area contributed by atoms with Crippen LogP contribution in [0.15, 0.2) is 77.6 Å². The van der Waals surface area contributed by atoms with Crippen LogP contribution in [0.3, 0.4) is 0 Å². The number of pyridine rings is 1. The Morgan fingerprint density at radius 3 is 2.52 bits per heavy atom. The van der Waals surface area contributed by atoms with Crippen LogP contribution in [0, 0.1) is 6.92 Å². The van der Waals surface area contributed by atoms with Crippen molar-refractivity contribution in [2.45, 2.75) is 33.4 Å². The third kappa shape index (κ3) is 5.66. The summed E-state index contributed by atoms with van der Waals surface area (Å²) in [6, 6.07) is 21.0. The molecule has 0 radical (unpaired) electrons. The SMILES string of the molecule is CCc1cc(-c2nc(-c3cc(C(=O)N4CCN(Cc5ccccc5)CC4)c(C)n3Cc3cccs3)cs2)ccn1. The zero-order chi connectivity index (χ0) is 27.5. The number of thiazole rings is 1. The van der Waals surface area contributed by atoms with Gasteiger partial charge in [-0.15, -0.1) is 22.7 Å². The molecule has 0 atom stereocenters. The fraction of sp³-hybridized carbons (Fsp3) is 0.281. The van der Waals surface area contributed by atoms with Gasteiger partial charge in [0.25, 0.3) is 5.91 Å². The summed E-state index contributed by atoms with van der Waals surface area (Å²) in [5, 5.41) is 5.18. The van der Waals surface area contributed by atoms with Gasteiger partial charge in [-0.2, -0.15) is 0 Å². The topological polar surface area (TPSA) is 54.3 Å². The molecule has 1 fully saturated rings. The molecule has 4 aromatic heterocycles.